The van der Waals surface area contributed by atoms with Gasteiger partial charge in [-0.2, -0.15) is 0 Å². The van der Waals surface area contributed by atoms with Crippen LogP contribution in [0.5, 0.6) is 0 Å². The molecule has 8 heteroatoms. The quantitative estimate of drug-likeness (QED) is 0.812. The Kier molecular flexibility index (Phi) is 4.64. The SMILES string of the molecule is NC(=O)CNC(=O)CN1CCN(c2cccc(Cl)c2)C1=O. The van der Waals surface area contributed by atoms with E-state index in [-0.39, 0.29) is 19.1 Å². The molecular weight excluding hydrogens is 296 g/mol. The van der Waals surface area contributed by atoms with E-state index in [2.05, 4.69) is 5.32 Å². The molecule has 1 aliphatic rings. The molecule has 3 N–H and O–H groups in total. The molecule has 7 nitrogen and oxygen atoms in total. The number of halogens is 1. The van der Waals surface area contributed by atoms with Gasteiger partial charge in [0, 0.05) is 23.8 Å². The second kappa shape index (κ2) is 6.45. The van der Waals surface area contributed by atoms with Gasteiger partial charge in [0.1, 0.15) is 6.54 Å². The number of urea groups is 1. The number of nitrogens with zero attached hydrogens (tertiary/aromatic N) is 2. The van der Waals surface area contributed by atoms with E-state index in [0.717, 1.165) is 0 Å². The highest BCUT2D eigenvalue weighted by Gasteiger charge is 2.30. The van der Waals surface area contributed by atoms with Crippen molar-refractivity contribution in [2.75, 3.05) is 31.1 Å². The highest BCUT2D eigenvalue weighted by Crippen LogP contribution is 2.23. The molecule has 1 aromatic carbocycles. The fraction of sp³-hybridized carbons (Fsp3) is 0.308. The molecule has 21 heavy (non-hydrogen) atoms. The van der Waals surface area contributed by atoms with Crippen LogP contribution >= 0.6 is 11.6 Å². The molecule has 112 valence electrons. The van der Waals surface area contributed by atoms with E-state index < -0.39 is 11.8 Å². The van der Waals surface area contributed by atoms with E-state index in [9.17, 15) is 14.4 Å². The van der Waals surface area contributed by atoms with Gasteiger partial charge in [0.15, 0.2) is 0 Å². The number of primary amides is 1. The van der Waals surface area contributed by atoms with Crippen molar-refractivity contribution < 1.29 is 14.4 Å². The van der Waals surface area contributed by atoms with Crippen LogP contribution in [0.3, 0.4) is 0 Å². The third kappa shape index (κ3) is 3.85. The Morgan fingerprint density at radius 1 is 1.33 bits per heavy atom. The van der Waals surface area contributed by atoms with Crippen LogP contribution in [0.4, 0.5) is 10.5 Å². The Morgan fingerprint density at radius 3 is 2.76 bits per heavy atom. The first-order chi connectivity index (χ1) is 9.97. The van der Waals surface area contributed by atoms with Crippen LogP contribution in [0, 0.1) is 0 Å². The molecule has 1 aliphatic heterocycles. The standard InChI is InChI=1S/C13H15ClN4O3/c14-9-2-1-3-10(6-9)18-5-4-17(13(18)21)8-12(20)16-7-11(15)19/h1-3,6H,4-5,7-8H2,(H2,15,19)(H,16,20). The van der Waals surface area contributed by atoms with E-state index >= 15 is 0 Å². The summed E-state index contributed by atoms with van der Waals surface area (Å²) in [5.41, 5.74) is 5.62. The molecule has 0 unspecified atom stereocenters. The van der Waals surface area contributed by atoms with Crippen LogP contribution in [0.1, 0.15) is 0 Å². The minimum absolute atomic E-state index is 0.108. The van der Waals surface area contributed by atoms with Gasteiger partial charge in [0.05, 0.1) is 6.54 Å². The zero-order valence-electron chi connectivity index (χ0n) is 11.2. The van der Waals surface area contributed by atoms with E-state index in [0.29, 0.717) is 23.8 Å². The van der Waals surface area contributed by atoms with Gasteiger partial charge >= 0.3 is 6.03 Å². The van der Waals surface area contributed by atoms with Crippen molar-refractivity contribution in [2.45, 2.75) is 0 Å². The number of anilines is 1. The highest BCUT2D eigenvalue weighted by molar-refractivity contribution is 6.30. The number of carbonyl (C=O) groups is 3. The van der Waals surface area contributed by atoms with Crippen LogP contribution < -0.4 is 16.0 Å². The van der Waals surface area contributed by atoms with Crippen LogP contribution in [0.15, 0.2) is 24.3 Å². The number of amides is 4. The predicted octanol–water partition coefficient (Wildman–Crippen LogP) is 0.183. The lowest BCUT2D eigenvalue weighted by atomic mass is 10.3. The number of benzene rings is 1. The van der Waals surface area contributed by atoms with Crippen LogP contribution in [-0.2, 0) is 9.59 Å². The smallest absolute Gasteiger partial charge is 0.325 e. The molecular formula is C13H15ClN4O3. The van der Waals surface area contributed by atoms with E-state index in [1.54, 1.807) is 29.2 Å². The molecule has 4 amide bonds. The number of carbonyl (C=O) groups excluding carboxylic acids is 3. The highest BCUT2D eigenvalue weighted by atomic mass is 35.5. The minimum Gasteiger partial charge on any atom is -0.368 e. The Hall–Kier alpha value is -2.28. The van der Waals surface area contributed by atoms with Crippen LogP contribution in [-0.4, -0.2) is 48.9 Å². The van der Waals surface area contributed by atoms with Gasteiger partial charge in [-0.1, -0.05) is 17.7 Å². The summed E-state index contributed by atoms with van der Waals surface area (Å²) in [5, 5.41) is 2.89. The second-order valence-corrected chi connectivity index (χ2v) is 5.02. The average Bonchev–Trinajstić information content (AvgIpc) is 2.78. The summed E-state index contributed by atoms with van der Waals surface area (Å²) in [7, 11) is 0. The summed E-state index contributed by atoms with van der Waals surface area (Å²) in [5.74, 6) is -1.05. The first kappa shape index (κ1) is 15.1. The maximum atomic E-state index is 12.2. The average molecular weight is 311 g/mol. The van der Waals surface area contributed by atoms with Crippen molar-refractivity contribution in [1.82, 2.24) is 10.2 Å². The Balaban J connectivity index is 1.95. The van der Waals surface area contributed by atoms with E-state index in [1.165, 1.54) is 4.90 Å². The summed E-state index contributed by atoms with van der Waals surface area (Å²) >= 11 is 5.90. The number of rotatable bonds is 5. The molecule has 0 aliphatic carbocycles. The first-order valence-corrected chi connectivity index (χ1v) is 6.72. The topological polar surface area (TPSA) is 95.7 Å². The fourth-order valence-corrected chi connectivity index (χ4v) is 2.21. The van der Waals surface area contributed by atoms with Gasteiger partial charge in [-0.3, -0.25) is 14.5 Å². The minimum atomic E-state index is -0.628. The van der Waals surface area contributed by atoms with Crippen molar-refractivity contribution in [3.8, 4) is 0 Å². The molecule has 2 rings (SSSR count). The number of hydrogen-bond donors (Lipinski definition) is 2. The fourth-order valence-electron chi connectivity index (χ4n) is 2.03. The number of nitrogens with one attached hydrogen (secondary N) is 1. The molecule has 0 saturated carbocycles. The van der Waals surface area contributed by atoms with Crippen molar-refractivity contribution in [1.29, 1.82) is 0 Å². The largest absolute Gasteiger partial charge is 0.368 e. The first-order valence-electron chi connectivity index (χ1n) is 6.34. The normalized spacial score (nSPS) is 14.4. The predicted molar refractivity (Wildman–Crippen MR) is 78.0 cm³/mol. The Bertz CT molecular complexity index is 578. The molecule has 0 atom stereocenters. The van der Waals surface area contributed by atoms with Gasteiger partial charge in [-0.25, -0.2) is 4.79 Å². The van der Waals surface area contributed by atoms with Gasteiger partial charge in [0.2, 0.25) is 11.8 Å². The summed E-state index contributed by atoms with van der Waals surface area (Å²) in [6.07, 6.45) is 0. The lowest BCUT2D eigenvalue weighted by Crippen LogP contribution is -2.42. The van der Waals surface area contributed by atoms with Gasteiger partial charge in [-0.15, -0.1) is 0 Å². The maximum Gasteiger partial charge on any atom is 0.325 e. The van der Waals surface area contributed by atoms with E-state index in [1.807, 2.05) is 0 Å². The molecule has 1 saturated heterocycles. The molecule has 0 bridgehead atoms. The van der Waals surface area contributed by atoms with Gasteiger partial charge in [-0.05, 0) is 18.2 Å². The summed E-state index contributed by atoms with van der Waals surface area (Å²) in [4.78, 5) is 37.4. The van der Waals surface area contributed by atoms with Crippen LogP contribution in [0.2, 0.25) is 5.02 Å². The lowest BCUT2D eigenvalue weighted by molar-refractivity contribution is -0.125. The second-order valence-electron chi connectivity index (χ2n) is 4.58. The third-order valence-electron chi connectivity index (χ3n) is 3.01. The Labute approximate surface area is 126 Å². The molecule has 0 spiro atoms. The van der Waals surface area contributed by atoms with Gasteiger partial charge < -0.3 is 16.0 Å². The molecule has 0 radical (unpaired) electrons. The molecule has 1 fully saturated rings. The lowest BCUT2D eigenvalue weighted by Gasteiger charge is -2.18. The molecule has 1 aromatic rings. The van der Waals surface area contributed by atoms with Crippen LogP contribution in [0.25, 0.3) is 0 Å². The third-order valence-corrected chi connectivity index (χ3v) is 3.24. The summed E-state index contributed by atoms with van der Waals surface area (Å²) < 4.78 is 0. The van der Waals surface area contributed by atoms with Crippen molar-refractivity contribution in [2.24, 2.45) is 5.73 Å². The van der Waals surface area contributed by atoms with Crippen molar-refractivity contribution in [3.05, 3.63) is 29.3 Å². The summed E-state index contributed by atoms with van der Waals surface area (Å²) in [6.45, 7) is 0.555. The summed E-state index contributed by atoms with van der Waals surface area (Å²) in [6, 6.07) is 6.68. The zero-order chi connectivity index (χ0) is 15.4. The van der Waals surface area contributed by atoms with Gasteiger partial charge in [0.25, 0.3) is 0 Å². The Morgan fingerprint density at radius 2 is 2.10 bits per heavy atom. The number of nitrogens with two attached hydrogens (primary N) is 1. The molecule has 1 heterocycles. The maximum absolute atomic E-state index is 12.2. The zero-order valence-corrected chi connectivity index (χ0v) is 12.0. The molecule has 0 aromatic heterocycles. The number of hydrogen-bond acceptors (Lipinski definition) is 3. The monoisotopic (exact) mass is 310 g/mol. The van der Waals surface area contributed by atoms with Crippen molar-refractivity contribution in [3.63, 3.8) is 0 Å². The van der Waals surface area contributed by atoms with E-state index in [4.69, 9.17) is 17.3 Å². The van der Waals surface area contributed by atoms with Crippen molar-refractivity contribution >= 4 is 35.1 Å².